The minimum absolute atomic E-state index is 1.05. The van der Waals surface area contributed by atoms with Crippen molar-refractivity contribution >= 4 is 46.1 Å². The second kappa shape index (κ2) is 10.3. The molecule has 0 saturated carbocycles. The van der Waals surface area contributed by atoms with Crippen molar-refractivity contribution in [2.24, 2.45) is 0 Å². The summed E-state index contributed by atoms with van der Waals surface area (Å²) in [5, 5.41) is 2.40. The molecular weight excluding hydrogens is 316 g/mol. The lowest BCUT2D eigenvalue weighted by Crippen LogP contribution is -1.74. The van der Waals surface area contributed by atoms with Crippen molar-refractivity contribution in [3.63, 3.8) is 0 Å². The fraction of sp³-hybridized carbons (Fsp3) is 0.250. The molecule has 1 aromatic carbocycles. The number of fused-ring (bicyclic) bond motifs is 2. The predicted molar refractivity (Wildman–Crippen MR) is 122 cm³/mol. The summed E-state index contributed by atoms with van der Waals surface area (Å²) >= 11 is 0. The Morgan fingerprint density at radius 2 is 1.04 bits per heavy atom. The average Bonchev–Trinajstić information content (AvgIpc) is 3.21. The fourth-order valence-corrected chi connectivity index (χ4v) is 2.98. The molecule has 0 spiro atoms. The highest BCUT2D eigenvalue weighted by Crippen LogP contribution is 2.32. The monoisotopic (exact) mass is 348 g/mol. The van der Waals surface area contributed by atoms with Crippen LogP contribution in [0.2, 0.25) is 0 Å². The van der Waals surface area contributed by atoms with E-state index in [1.807, 2.05) is 53.7 Å². The van der Waals surface area contributed by atoms with Crippen molar-refractivity contribution in [3.8, 4) is 0 Å². The average molecular weight is 349 g/mol. The Labute approximate surface area is 158 Å². The zero-order valence-electron chi connectivity index (χ0n) is 17.0. The number of nitrogens with one attached hydrogen (secondary N) is 2. The van der Waals surface area contributed by atoms with E-state index < -0.39 is 0 Å². The smallest absolute Gasteiger partial charge is 0.0472 e. The number of hydrogen-bond acceptors (Lipinski definition) is 0. The van der Waals surface area contributed by atoms with Crippen LogP contribution in [0.25, 0.3) is 46.1 Å². The van der Waals surface area contributed by atoms with Crippen molar-refractivity contribution in [2.75, 3.05) is 0 Å². The fourth-order valence-electron chi connectivity index (χ4n) is 2.98. The summed E-state index contributed by atoms with van der Waals surface area (Å²) < 4.78 is 0. The zero-order chi connectivity index (χ0) is 19.7. The first-order chi connectivity index (χ1) is 12.7. The lowest BCUT2D eigenvalue weighted by molar-refractivity contribution is 1.42. The van der Waals surface area contributed by atoms with Gasteiger partial charge in [0.25, 0.3) is 0 Å². The van der Waals surface area contributed by atoms with E-state index in [1.54, 1.807) is 0 Å². The van der Waals surface area contributed by atoms with E-state index in [0.29, 0.717) is 0 Å². The van der Waals surface area contributed by atoms with Crippen LogP contribution in [0, 0.1) is 0 Å². The Morgan fingerprint density at radius 3 is 1.31 bits per heavy atom. The van der Waals surface area contributed by atoms with Crippen molar-refractivity contribution in [1.82, 2.24) is 9.97 Å². The van der Waals surface area contributed by atoms with Gasteiger partial charge in [-0.2, -0.15) is 0 Å². The molecule has 0 bridgehead atoms. The van der Waals surface area contributed by atoms with E-state index >= 15 is 0 Å². The van der Waals surface area contributed by atoms with Crippen LogP contribution in [0.5, 0.6) is 0 Å². The molecule has 0 fully saturated rings. The lowest BCUT2D eigenvalue weighted by atomic mass is 10.1. The molecule has 0 aliphatic rings. The van der Waals surface area contributed by atoms with Gasteiger partial charge in [0.15, 0.2) is 0 Å². The quantitative estimate of drug-likeness (QED) is 0.478. The molecule has 0 amide bonds. The Bertz CT molecular complexity index is 852. The van der Waals surface area contributed by atoms with Gasteiger partial charge in [-0.05, 0) is 38.1 Å². The van der Waals surface area contributed by atoms with Gasteiger partial charge in [0, 0.05) is 44.3 Å². The van der Waals surface area contributed by atoms with E-state index in [1.165, 1.54) is 21.9 Å². The van der Waals surface area contributed by atoms with Crippen LogP contribution in [0.1, 0.15) is 64.1 Å². The van der Waals surface area contributed by atoms with Gasteiger partial charge in [0.1, 0.15) is 0 Å². The molecule has 0 aliphatic heterocycles. The second-order valence-corrected chi connectivity index (χ2v) is 5.26. The Kier molecular flexibility index (Phi) is 8.44. The first-order valence-electron chi connectivity index (χ1n) is 9.45. The van der Waals surface area contributed by atoms with Crippen LogP contribution in [0.4, 0.5) is 0 Å². The van der Waals surface area contributed by atoms with Crippen LogP contribution >= 0.6 is 0 Å². The second-order valence-electron chi connectivity index (χ2n) is 5.26. The van der Waals surface area contributed by atoms with E-state index in [2.05, 4.69) is 59.6 Å². The third kappa shape index (κ3) is 3.91. The number of aromatic nitrogens is 2. The van der Waals surface area contributed by atoms with Crippen LogP contribution in [-0.2, 0) is 0 Å². The first-order valence-corrected chi connectivity index (χ1v) is 9.45. The van der Waals surface area contributed by atoms with Crippen molar-refractivity contribution in [1.29, 1.82) is 0 Å². The van der Waals surface area contributed by atoms with Crippen LogP contribution in [-0.4, -0.2) is 9.97 Å². The summed E-state index contributed by atoms with van der Waals surface area (Å²) in [5.41, 5.74) is 6.70. The van der Waals surface area contributed by atoms with Crippen LogP contribution in [0.15, 0.2) is 37.4 Å². The molecule has 2 aromatic heterocycles. The SMILES string of the molecule is C=Cc1[nH]c2cc3c(/C=C\C)c(C=C)[nH]c3cc2c1/C=C\C.CC.CC. The number of benzene rings is 1. The van der Waals surface area contributed by atoms with Gasteiger partial charge in [-0.1, -0.05) is 65.2 Å². The van der Waals surface area contributed by atoms with Gasteiger partial charge in [0.2, 0.25) is 0 Å². The van der Waals surface area contributed by atoms with E-state index in [-0.39, 0.29) is 0 Å². The maximum atomic E-state index is 3.90. The maximum Gasteiger partial charge on any atom is 0.0472 e. The molecule has 138 valence electrons. The molecule has 2 N–H and O–H groups in total. The molecule has 0 saturated heterocycles. The van der Waals surface area contributed by atoms with Gasteiger partial charge in [-0.3, -0.25) is 0 Å². The Hall–Kier alpha value is -2.74. The van der Waals surface area contributed by atoms with Crippen molar-refractivity contribution in [3.05, 3.63) is 60.0 Å². The molecule has 2 heteroatoms. The number of H-pyrrole nitrogens is 2. The first kappa shape index (κ1) is 21.3. The third-order valence-electron chi connectivity index (χ3n) is 3.93. The molecule has 3 rings (SSSR count). The number of allylic oxidation sites excluding steroid dienone is 2. The summed E-state index contributed by atoms with van der Waals surface area (Å²) in [6.45, 7) is 19.9. The van der Waals surface area contributed by atoms with Crippen LogP contribution in [0.3, 0.4) is 0 Å². The standard InChI is InChI=1S/C20H20N2.2C2H6/c1-5-9-13-15-11-20-16(12-19(15)21-17(13)7-3)14(10-6-2)18(8-4)22-20;2*1-2/h5-12,21-22H,3-4H2,1-2H3;2*1-2H3/b9-5-,10-6-;;. The minimum Gasteiger partial charge on any atom is -0.355 e. The minimum atomic E-state index is 1.05. The highest BCUT2D eigenvalue weighted by molar-refractivity contribution is 6.05. The summed E-state index contributed by atoms with van der Waals surface area (Å²) in [6, 6.07) is 4.40. The molecular formula is C24H32N2. The number of hydrogen-bond donors (Lipinski definition) is 2. The van der Waals surface area contributed by atoms with Crippen LogP contribution < -0.4 is 0 Å². The highest BCUT2D eigenvalue weighted by Gasteiger charge is 2.12. The summed E-state index contributed by atoms with van der Waals surface area (Å²) in [7, 11) is 0. The predicted octanol–water partition coefficient (Wildman–Crippen LogP) is 8.05. The van der Waals surface area contributed by atoms with Crippen molar-refractivity contribution in [2.45, 2.75) is 41.5 Å². The molecule has 0 aliphatic carbocycles. The summed E-state index contributed by atoms with van der Waals surface area (Å²) in [4.78, 5) is 6.91. The molecule has 3 aromatic rings. The van der Waals surface area contributed by atoms with E-state index in [0.717, 1.165) is 22.4 Å². The molecule has 2 heterocycles. The third-order valence-corrected chi connectivity index (χ3v) is 3.93. The van der Waals surface area contributed by atoms with Crippen molar-refractivity contribution < 1.29 is 0 Å². The number of aromatic amines is 2. The van der Waals surface area contributed by atoms with Gasteiger partial charge < -0.3 is 9.97 Å². The molecule has 26 heavy (non-hydrogen) atoms. The summed E-state index contributed by atoms with van der Waals surface area (Å²) in [5.74, 6) is 0. The molecule has 0 radical (unpaired) electrons. The largest absolute Gasteiger partial charge is 0.355 e. The topological polar surface area (TPSA) is 31.6 Å². The van der Waals surface area contributed by atoms with Gasteiger partial charge in [-0.15, -0.1) is 0 Å². The van der Waals surface area contributed by atoms with E-state index in [4.69, 9.17) is 0 Å². The van der Waals surface area contributed by atoms with E-state index in [9.17, 15) is 0 Å². The normalized spacial score (nSPS) is 10.7. The van der Waals surface area contributed by atoms with Gasteiger partial charge >= 0.3 is 0 Å². The van der Waals surface area contributed by atoms with Gasteiger partial charge in [-0.25, -0.2) is 0 Å². The molecule has 0 atom stereocenters. The number of rotatable bonds is 4. The zero-order valence-corrected chi connectivity index (χ0v) is 17.0. The molecule has 2 nitrogen and oxygen atoms in total. The molecule has 0 unspecified atom stereocenters. The lowest BCUT2D eigenvalue weighted by Gasteiger charge is -1.96. The Morgan fingerprint density at radius 1 is 0.692 bits per heavy atom. The van der Waals surface area contributed by atoms with Gasteiger partial charge in [0.05, 0.1) is 0 Å². The Balaban J connectivity index is 0.000000791. The summed E-state index contributed by atoms with van der Waals surface area (Å²) in [6.07, 6.45) is 12.1. The highest BCUT2D eigenvalue weighted by atomic mass is 14.7. The maximum absolute atomic E-state index is 3.90.